The number of hydrogen-bond donors (Lipinski definition) is 1. The molecule has 0 saturated heterocycles. The van der Waals surface area contributed by atoms with Crippen LogP contribution in [0.2, 0.25) is 0 Å². The Balaban J connectivity index is 1.72. The molecule has 1 aromatic rings. The van der Waals surface area contributed by atoms with E-state index < -0.39 is 0 Å². The minimum absolute atomic E-state index is 0.593. The molecule has 2 saturated carbocycles. The summed E-state index contributed by atoms with van der Waals surface area (Å²) < 4.78 is 2.41. The van der Waals surface area contributed by atoms with E-state index in [0.29, 0.717) is 6.04 Å². The Morgan fingerprint density at radius 3 is 2.90 bits per heavy atom. The van der Waals surface area contributed by atoms with Crippen LogP contribution in [0.3, 0.4) is 0 Å². The summed E-state index contributed by atoms with van der Waals surface area (Å²) in [5.41, 5.74) is 1.14. The standard InChI is InChI=1S/C17H29N3/c1-4-5-8-18-17-19-12(2)11-20(17)13(3)16-10-14-6-7-15(16)9-14/h11,13-16H,4-10H2,1-3H3,(H,18,19). The lowest BCUT2D eigenvalue weighted by Gasteiger charge is -2.29. The van der Waals surface area contributed by atoms with Crippen LogP contribution in [-0.4, -0.2) is 16.1 Å². The van der Waals surface area contributed by atoms with E-state index in [1.165, 1.54) is 38.5 Å². The number of anilines is 1. The molecular weight excluding hydrogens is 246 g/mol. The first-order chi connectivity index (χ1) is 9.69. The van der Waals surface area contributed by atoms with Crippen LogP contribution >= 0.6 is 0 Å². The highest BCUT2D eigenvalue weighted by Gasteiger charge is 2.42. The maximum Gasteiger partial charge on any atom is 0.203 e. The van der Waals surface area contributed by atoms with Crippen molar-refractivity contribution < 1.29 is 0 Å². The Bertz CT molecular complexity index is 451. The quantitative estimate of drug-likeness (QED) is 0.780. The number of imidazole rings is 1. The number of aryl methyl sites for hydroxylation is 1. The molecule has 2 aliphatic rings. The second-order valence-electron chi connectivity index (χ2n) is 6.97. The summed E-state index contributed by atoms with van der Waals surface area (Å²) in [5.74, 6) is 3.95. The Hall–Kier alpha value is -0.990. The zero-order valence-corrected chi connectivity index (χ0v) is 13.2. The van der Waals surface area contributed by atoms with Crippen molar-refractivity contribution in [1.29, 1.82) is 0 Å². The van der Waals surface area contributed by atoms with Crippen molar-refractivity contribution in [1.82, 2.24) is 9.55 Å². The van der Waals surface area contributed by atoms with Crippen LogP contribution in [0.4, 0.5) is 5.95 Å². The van der Waals surface area contributed by atoms with E-state index in [1.807, 2.05) is 0 Å². The lowest BCUT2D eigenvalue weighted by molar-refractivity contribution is 0.244. The summed E-state index contributed by atoms with van der Waals surface area (Å²) in [4.78, 5) is 4.69. The van der Waals surface area contributed by atoms with Crippen LogP contribution in [0.5, 0.6) is 0 Å². The molecule has 20 heavy (non-hydrogen) atoms. The molecule has 4 unspecified atom stereocenters. The average Bonchev–Trinajstić information content (AvgIpc) is 3.13. The van der Waals surface area contributed by atoms with Gasteiger partial charge in [0.05, 0.1) is 5.69 Å². The van der Waals surface area contributed by atoms with Gasteiger partial charge in [-0.3, -0.25) is 0 Å². The zero-order valence-electron chi connectivity index (χ0n) is 13.2. The lowest BCUT2D eigenvalue weighted by atomic mass is 9.84. The van der Waals surface area contributed by atoms with E-state index in [2.05, 4.69) is 41.8 Å². The normalized spacial score (nSPS) is 29.9. The number of fused-ring (bicyclic) bond motifs is 2. The van der Waals surface area contributed by atoms with Gasteiger partial charge in [0.2, 0.25) is 5.95 Å². The fraction of sp³-hybridized carbons (Fsp3) is 0.824. The van der Waals surface area contributed by atoms with Gasteiger partial charge in [-0.15, -0.1) is 0 Å². The minimum atomic E-state index is 0.593. The van der Waals surface area contributed by atoms with E-state index in [-0.39, 0.29) is 0 Å². The Kier molecular flexibility index (Phi) is 4.04. The zero-order chi connectivity index (χ0) is 14.1. The van der Waals surface area contributed by atoms with Crippen LogP contribution in [0.25, 0.3) is 0 Å². The summed E-state index contributed by atoms with van der Waals surface area (Å²) in [6.07, 6.45) is 10.6. The predicted octanol–water partition coefficient (Wildman–Crippen LogP) is 4.40. The third kappa shape index (κ3) is 2.59. The molecule has 3 nitrogen and oxygen atoms in total. The topological polar surface area (TPSA) is 29.9 Å². The van der Waals surface area contributed by atoms with Gasteiger partial charge >= 0.3 is 0 Å². The van der Waals surface area contributed by atoms with E-state index in [1.54, 1.807) is 0 Å². The number of nitrogens with zero attached hydrogens (tertiary/aromatic N) is 2. The summed E-state index contributed by atoms with van der Waals surface area (Å²) in [5, 5.41) is 3.54. The van der Waals surface area contributed by atoms with Gasteiger partial charge in [-0.25, -0.2) is 4.98 Å². The van der Waals surface area contributed by atoms with Gasteiger partial charge < -0.3 is 9.88 Å². The molecule has 3 heteroatoms. The second kappa shape index (κ2) is 5.79. The van der Waals surface area contributed by atoms with Gasteiger partial charge in [-0.1, -0.05) is 19.8 Å². The van der Waals surface area contributed by atoms with Crippen LogP contribution in [0, 0.1) is 24.7 Å². The molecule has 1 N–H and O–H groups in total. The smallest absolute Gasteiger partial charge is 0.203 e. The van der Waals surface area contributed by atoms with Gasteiger partial charge in [0, 0.05) is 18.8 Å². The molecule has 112 valence electrons. The van der Waals surface area contributed by atoms with E-state index in [9.17, 15) is 0 Å². The summed E-state index contributed by atoms with van der Waals surface area (Å²) in [6, 6.07) is 0.593. The molecule has 0 aromatic carbocycles. The highest BCUT2D eigenvalue weighted by atomic mass is 15.2. The Morgan fingerprint density at radius 1 is 1.40 bits per heavy atom. The molecule has 1 aromatic heterocycles. The lowest BCUT2D eigenvalue weighted by Crippen LogP contribution is -2.23. The number of rotatable bonds is 6. The van der Waals surface area contributed by atoms with E-state index in [4.69, 9.17) is 0 Å². The second-order valence-corrected chi connectivity index (χ2v) is 6.97. The van der Waals surface area contributed by atoms with Crippen LogP contribution in [0.15, 0.2) is 6.20 Å². The van der Waals surface area contributed by atoms with Crippen molar-refractivity contribution in [3.63, 3.8) is 0 Å². The number of aromatic nitrogens is 2. The van der Waals surface area contributed by atoms with Crippen LogP contribution < -0.4 is 5.32 Å². The SMILES string of the molecule is CCCCNc1nc(C)cn1C(C)C1CC2CCC1C2. The van der Waals surface area contributed by atoms with Crippen LogP contribution in [-0.2, 0) is 0 Å². The molecule has 0 spiro atoms. The van der Waals surface area contributed by atoms with E-state index in [0.717, 1.165) is 35.9 Å². The summed E-state index contributed by atoms with van der Waals surface area (Å²) in [6.45, 7) is 7.78. The van der Waals surface area contributed by atoms with E-state index >= 15 is 0 Å². The van der Waals surface area contributed by atoms with Crippen molar-refractivity contribution in [3.05, 3.63) is 11.9 Å². The van der Waals surface area contributed by atoms with Crippen molar-refractivity contribution in [3.8, 4) is 0 Å². The molecule has 4 atom stereocenters. The molecule has 2 bridgehead atoms. The Labute approximate surface area is 123 Å². The first-order valence-electron chi connectivity index (χ1n) is 8.48. The summed E-state index contributed by atoms with van der Waals surface area (Å²) in [7, 11) is 0. The third-order valence-electron chi connectivity index (χ3n) is 5.52. The fourth-order valence-electron chi connectivity index (χ4n) is 4.43. The van der Waals surface area contributed by atoms with Crippen molar-refractivity contribution in [2.75, 3.05) is 11.9 Å². The molecular formula is C17H29N3. The number of unbranched alkanes of at least 4 members (excludes halogenated alkanes) is 1. The van der Waals surface area contributed by atoms with Crippen molar-refractivity contribution >= 4 is 5.95 Å². The highest BCUT2D eigenvalue weighted by Crippen LogP contribution is 2.52. The summed E-state index contributed by atoms with van der Waals surface area (Å²) >= 11 is 0. The van der Waals surface area contributed by atoms with Gasteiger partial charge in [0.1, 0.15) is 0 Å². The molecule has 0 aliphatic heterocycles. The number of hydrogen-bond acceptors (Lipinski definition) is 2. The first kappa shape index (κ1) is 14.0. The monoisotopic (exact) mass is 275 g/mol. The molecule has 2 aliphatic carbocycles. The maximum absolute atomic E-state index is 4.69. The molecule has 3 rings (SSSR count). The van der Waals surface area contributed by atoms with Crippen LogP contribution in [0.1, 0.15) is 64.1 Å². The van der Waals surface area contributed by atoms with Gasteiger partial charge in [-0.05, 0) is 57.3 Å². The molecule has 2 fully saturated rings. The highest BCUT2D eigenvalue weighted by molar-refractivity contribution is 5.29. The fourth-order valence-corrected chi connectivity index (χ4v) is 4.43. The Morgan fingerprint density at radius 2 is 2.25 bits per heavy atom. The van der Waals surface area contributed by atoms with Gasteiger partial charge in [0.15, 0.2) is 0 Å². The number of nitrogens with one attached hydrogen (secondary N) is 1. The molecule has 1 heterocycles. The van der Waals surface area contributed by atoms with Gasteiger partial charge in [0.25, 0.3) is 0 Å². The molecule has 0 radical (unpaired) electrons. The first-order valence-corrected chi connectivity index (χ1v) is 8.48. The molecule has 0 amide bonds. The largest absolute Gasteiger partial charge is 0.356 e. The minimum Gasteiger partial charge on any atom is -0.356 e. The van der Waals surface area contributed by atoms with Crippen molar-refractivity contribution in [2.45, 2.75) is 65.3 Å². The van der Waals surface area contributed by atoms with Gasteiger partial charge in [-0.2, -0.15) is 0 Å². The maximum atomic E-state index is 4.69. The third-order valence-corrected chi connectivity index (χ3v) is 5.52. The predicted molar refractivity (Wildman–Crippen MR) is 84.0 cm³/mol. The van der Waals surface area contributed by atoms with Crippen molar-refractivity contribution in [2.24, 2.45) is 17.8 Å². The average molecular weight is 275 g/mol.